The van der Waals surface area contributed by atoms with Gasteiger partial charge in [0.1, 0.15) is 5.75 Å². The highest BCUT2D eigenvalue weighted by Gasteiger charge is 2.17. The van der Waals surface area contributed by atoms with E-state index in [2.05, 4.69) is 5.32 Å². The quantitative estimate of drug-likeness (QED) is 0.628. The number of benzene rings is 2. The average Bonchev–Trinajstić information content (AvgIpc) is 2.65. The van der Waals surface area contributed by atoms with Crippen molar-refractivity contribution in [2.24, 2.45) is 0 Å². The van der Waals surface area contributed by atoms with Gasteiger partial charge in [-0.1, -0.05) is 23.7 Å². The van der Waals surface area contributed by atoms with Gasteiger partial charge in [0.15, 0.2) is 11.5 Å². The van der Waals surface area contributed by atoms with Crippen molar-refractivity contribution in [1.82, 2.24) is 0 Å². The summed E-state index contributed by atoms with van der Waals surface area (Å²) < 4.78 is 15.9. The molecular weight excluding hydrogens is 374 g/mol. The minimum atomic E-state index is -1.14. The number of carbonyl (C=O) groups is 2. The van der Waals surface area contributed by atoms with Gasteiger partial charge in [-0.2, -0.15) is 0 Å². The molecule has 2 aromatic rings. The van der Waals surface area contributed by atoms with E-state index in [-0.39, 0.29) is 35.1 Å². The first kappa shape index (κ1) is 20.4. The second-order valence-electron chi connectivity index (χ2n) is 5.50. The Hall–Kier alpha value is -2.93. The number of carbonyl (C=O) groups excluding carboxylic acids is 1. The molecule has 1 amide bonds. The van der Waals surface area contributed by atoms with Gasteiger partial charge in [-0.15, -0.1) is 0 Å². The maximum absolute atomic E-state index is 12.2. The Kier molecular flexibility index (Phi) is 7.31. The first-order valence-corrected chi connectivity index (χ1v) is 8.50. The molecule has 0 unspecified atom stereocenters. The normalized spacial score (nSPS) is 10.2. The van der Waals surface area contributed by atoms with Crippen LogP contribution in [0.4, 0.5) is 5.69 Å². The van der Waals surface area contributed by atoms with Gasteiger partial charge in [0.2, 0.25) is 5.91 Å². The standard InChI is InChI=1S/C19H20ClNO6/c1-25-16-11-12(19(23)24)10-14(18(16)26-2)21-17(22)8-5-9-27-15-7-4-3-6-13(15)20/h3-4,6-7,10-11H,5,8-9H2,1-2H3,(H,21,22)(H,23,24). The lowest BCUT2D eigenvalue weighted by molar-refractivity contribution is -0.116. The summed E-state index contributed by atoms with van der Waals surface area (Å²) in [5.74, 6) is -0.418. The number of aromatic carboxylic acids is 1. The van der Waals surface area contributed by atoms with Crippen LogP contribution < -0.4 is 19.5 Å². The van der Waals surface area contributed by atoms with E-state index in [1.165, 1.54) is 26.4 Å². The third-order valence-corrected chi connectivity index (χ3v) is 3.95. The van der Waals surface area contributed by atoms with Crippen LogP contribution >= 0.6 is 11.6 Å². The average molecular weight is 394 g/mol. The molecule has 0 aliphatic rings. The smallest absolute Gasteiger partial charge is 0.335 e. The topological polar surface area (TPSA) is 94.1 Å². The second kappa shape index (κ2) is 9.68. The molecule has 0 heterocycles. The summed E-state index contributed by atoms with van der Waals surface area (Å²) in [6, 6.07) is 9.73. The zero-order valence-corrected chi connectivity index (χ0v) is 15.7. The van der Waals surface area contributed by atoms with Gasteiger partial charge in [0.05, 0.1) is 37.1 Å². The molecule has 2 N–H and O–H groups in total. The summed E-state index contributed by atoms with van der Waals surface area (Å²) in [6.45, 7) is 0.312. The van der Waals surface area contributed by atoms with Gasteiger partial charge in [-0.3, -0.25) is 4.79 Å². The van der Waals surface area contributed by atoms with Crippen molar-refractivity contribution in [2.75, 3.05) is 26.1 Å². The molecule has 0 fully saturated rings. The van der Waals surface area contributed by atoms with Crippen LogP contribution in [-0.4, -0.2) is 37.8 Å². The van der Waals surface area contributed by atoms with Gasteiger partial charge in [0.25, 0.3) is 0 Å². The number of carboxylic acids is 1. The third kappa shape index (κ3) is 5.52. The minimum absolute atomic E-state index is 0.0231. The molecular formula is C19H20ClNO6. The van der Waals surface area contributed by atoms with E-state index in [1.807, 2.05) is 6.07 Å². The molecule has 144 valence electrons. The molecule has 2 aromatic carbocycles. The van der Waals surface area contributed by atoms with Gasteiger partial charge in [0, 0.05) is 6.42 Å². The van der Waals surface area contributed by atoms with Crippen LogP contribution in [0, 0.1) is 0 Å². The highest BCUT2D eigenvalue weighted by Crippen LogP contribution is 2.36. The van der Waals surface area contributed by atoms with Gasteiger partial charge in [-0.05, 0) is 30.7 Å². The van der Waals surface area contributed by atoms with Crippen LogP contribution in [0.15, 0.2) is 36.4 Å². The summed E-state index contributed by atoms with van der Waals surface area (Å²) in [4.78, 5) is 23.4. The fourth-order valence-corrected chi connectivity index (χ4v) is 2.56. The molecule has 0 saturated heterocycles. The molecule has 7 nitrogen and oxygen atoms in total. The lowest BCUT2D eigenvalue weighted by Gasteiger charge is -2.15. The van der Waals surface area contributed by atoms with Crippen LogP contribution in [0.5, 0.6) is 17.2 Å². The largest absolute Gasteiger partial charge is 0.493 e. The first-order valence-electron chi connectivity index (χ1n) is 8.12. The number of nitrogens with one attached hydrogen (secondary N) is 1. The number of methoxy groups -OCH3 is 2. The molecule has 0 aromatic heterocycles. The molecule has 0 saturated carbocycles. The van der Waals surface area contributed by atoms with E-state index in [1.54, 1.807) is 18.2 Å². The fraction of sp³-hybridized carbons (Fsp3) is 0.263. The van der Waals surface area contributed by atoms with Crippen LogP contribution in [0.2, 0.25) is 5.02 Å². The van der Waals surface area contributed by atoms with Crippen molar-refractivity contribution in [2.45, 2.75) is 12.8 Å². The van der Waals surface area contributed by atoms with Gasteiger partial charge in [-0.25, -0.2) is 4.79 Å². The number of amides is 1. The molecule has 0 spiro atoms. The van der Waals surface area contributed by atoms with Gasteiger partial charge < -0.3 is 24.6 Å². The molecule has 8 heteroatoms. The maximum Gasteiger partial charge on any atom is 0.335 e. The summed E-state index contributed by atoms with van der Waals surface area (Å²) in [5.41, 5.74) is 0.205. The Labute approximate surface area is 161 Å². The van der Waals surface area contributed by atoms with E-state index < -0.39 is 5.97 Å². The van der Waals surface area contributed by atoms with E-state index in [9.17, 15) is 14.7 Å². The zero-order valence-electron chi connectivity index (χ0n) is 15.0. The SMILES string of the molecule is COc1cc(C(=O)O)cc(NC(=O)CCCOc2ccccc2Cl)c1OC. The van der Waals surface area contributed by atoms with Crippen molar-refractivity contribution in [3.63, 3.8) is 0 Å². The van der Waals surface area contributed by atoms with E-state index in [0.29, 0.717) is 23.8 Å². The summed E-state index contributed by atoms with van der Waals surface area (Å²) in [5, 5.41) is 12.4. The number of hydrogen-bond acceptors (Lipinski definition) is 5. The highest BCUT2D eigenvalue weighted by atomic mass is 35.5. The molecule has 0 aliphatic heterocycles. The van der Waals surface area contributed by atoms with E-state index in [4.69, 9.17) is 25.8 Å². The molecule has 0 aliphatic carbocycles. The Morgan fingerprint density at radius 2 is 1.85 bits per heavy atom. The number of anilines is 1. The summed E-state index contributed by atoms with van der Waals surface area (Å²) in [6.07, 6.45) is 0.627. The zero-order chi connectivity index (χ0) is 19.8. The molecule has 0 atom stereocenters. The number of para-hydroxylation sites is 1. The molecule has 0 bridgehead atoms. The van der Waals surface area contributed by atoms with Crippen LogP contribution in [-0.2, 0) is 4.79 Å². The van der Waals surface area contributed by atoms with Crippen molar-refractivity contribution in [3.05, 3.63) is 47.0 Å². The molecule has 2 rings (SSSR count). The highest BCUT2D eigenvalue weighted by molar-refractivity contribution is 6.32. The number of ether oxygens (including phenoxy) is 3. The Morgan fingerprint density at radius 1 is 1.11 bits per heavy atom. The Bertz CT molecular complexity index is 824. The fourth-order valence-electron chi connectivity index (χ4n) is 2.37. The van der Waals surface area contributed by atoms with Crippen LogP contribution in [0.3, 0.4) is 0 Å². The predicted octanol–water partition coefficient (Wildman–Crippen LogP) is 3.85. The predicted molar refractivity (Wildman–Crippen MR) is 101 cm³/mol. The van der Waals surface area contributed by atoms with E-state index in [0.717, 1.165) is 0 Å². The number of rotatable bonds is 9. The van der Waals surface area contributed by atoms with Crippen molar-refractivity contribution >= 4 is 29.2 Å². The van der Waals surface area contributed by atoms with Crippen LogP contribution in [0.1, 0.15) is 23.2 Å². The first-order chi connectivity index (χ1) is 13.0. The number of hydrogen-bond donors (Lipinski definition) is 2. The number of carboxylic acid groups (broad SMARTS) is 1. The van der Waals surface area contributed by atoms with Crippen molar-refractivity contribution in [1.29, 1.82) is 0 Å². The monoisotopic (exact) mass is 393 g/mol. The van der Waals surface area contributed by atoms with E-state index >= 15 is 0 Å². The van der Waals surface area contributed by atoms with Crippen molar-refractivity contribution in [3.8, 4) is 17.2 Å². The lowest BCUT2D eigenvalue weighted by atomic mass is 10.1. The Balaban J connectivity index is 1.97. The molecule has 27 heavy (non-hydrogen) atoms. The third-order valence-electron chi connectivity index (χ3n) is 3.64. The summed E-state index contributed by atoms with van der Waals surface area (Å²) in [7, 11) is 2.80. The maximum atomic E-state index is 12.2. The lowest BCUT2D eigenvalue weighted by Crippen LogP contribution is -2.14. The second-order valence-corrected chi connectivity index (χ2v) is 5.90. The number of halogens is 1. The van der Waals surface area contributed by atoms with Crippen LogP contribution in [0.25, 0.3) is 0 Å². The van der Waals surface area contributed by atoms with Gasteiger partial charge >= 0.3 is 5.97 Å². The Morgan fingerprint density at radius 3 is 2.48 bits per heavy atom. The summed E-state index contributed by atoms with van der Waals surface area (Å²) >= 11 is 6.00. The molecule has 0 radical (unpaired) electrons. The minimum Gasteiger partial charge on any atom is -0.493 e. The van der Waals surface area contributed by atoms with Crippen molar-refractivity contribution < 1.29 is 28.9 Å².